The number of carbonyl (C=O) groups is 2. The van der Waals surface area contributed by atoms with Crippen LogP contribution in [0.3, 0.4) is 0 Å². The fourth-order valence-corrected chi connectivity index (χ4v) is 4.98. The van der Waals surface area contributed by atoms with Gasteiger partial charge < -0.3 is 9.47 Å². The number of carbonyl (C=O) groups excluding carboxylic acids is 2. The Bertz CT molecular complexity index is 1080. The number of hydrogen-bond acceptors (Lipinski definition) is 6. The molecule has 1 atom stereocenters. The van der Waals surface area contributed by atoms with Crippen LogP contribution in [0.2, 0.25) is 0 Å². The number of hydrogen-bond donors (Lipinski definition) is 0. The van der Waals surface area contributed by atoms with Crippen molar-refractivity contribution < 1.29 is 19.1 Å². The Balaban J connectivity index is 1.39. The van der Waals surface area contributed by atoms with Crippen LogP contribution >= 0.6 is 24.0 Å². The van der Waals surface area contributed by atoms with Crippen LogP contribution in [-0.4, -0.2) is 40.4 Å². The molecule has 1 unspecified atom stereocenters. The van der Waals surface area contributed by atoms with Crippen LogP contribution in [0.5, 0.6) is 5.75 Å². The van der Waals surface area contributed by atoms with Crippen molar-refractivity contribution in [2.24, 2.45) is 0 Å². The van der Waals surface area contributed by atoms with Crippen molar-refractivity contribution in [2.75, 3.05) is 13.2 Å². The lowest BCUT2D eigenvalue weighted by atomic mass is 9.87. The van der Waals surface area contributed by atoms with Gasteiger partial charge >= 0.3 is 5.97 Å². The van der Waals surface area contributed by atoms with Crippen LogP contribution in [-0.2, 0) is 14.9 Å². The zero-order valence-corrected chi connectivity index (χ0v) is 20.6. The van der Waals surface area contributed by atoms with Crippen LogP contribution in [0, 0.1) is 0 Å². The number of nitrogens with zero attached hydrogens (tertiary/aromatic N) is 1. The molecule has 0 N–H and O–H groups in total. The summed E-state index contributed by atoms with van der Waals surface area (Å²) in [6, 6.07) is 14.6. The van der Waals surface area contributed by atoms with Crippen LogP contribution in [0.1, 0.15) is 55.1 Å². The van der Waals surface area contributed by atoms with E-state index in [1.807, 2.05) is 30.3 Å². The van der Waals surface area contributed by atoms with Gasteiger partial charge in [-0.3, -0.25) is 9.69 Å². The predicted molar refractivity (Wildman–Crippen MR) is 135 cm³/mol. The number of ether oxygens (including phenoxy) is 2. The number of thiocarbonyl (C=S) groups is 1. The first-order valence-electron chi connectivity index (χ1n) is 11.0. The summed E-state index contributed by atoms with van der Waals surface area (Å²) >= 11 is 6.71. The van der Waals surface area contributed by atoms with Crippen molar-refractivity contribution in [3.63, 3.8) is 0 Å². The molecule has 0 spiro atoms. The zero-order chi connectivity index (χ0) is 23.6. The first-order valence-corrected chi connectivity index (χ1v) is 12.2. The van der Waals surface area contributed by atoms with Crippen molar-refractivity contribution in [1.29, 1.82) is 0 Å². The SMILES string of the molecule is CC(C)(C)c1ccc(C(=O)Oc2ccc(C=C3SC(=S)N(CC4CCCO4)C3=O)cc2)cc1. The molecule has 2 saturated heterocycles. The van der Waals surface area contributed by atoms with Crippen molar-refractivity contribution in [3.8, 4) is 5.75 Å². The average molecular weight is 482 g/mol. The third-order valence-electron chi connectivity index (χ3n) is 5.66. The summed E-state index contributed by atoms with van der Waals surface area (Å²) < 4.78 is 11.7. The number of thioether (sulfide) groups is 1. The highest BCUT2D eigenvalue weighted by Crippen LogP contribution is 2.33. The lowest BCUT2D eigenvalue weighted by molar-refractivity contribution is -0.123. The van der Waals surface area contributed by atoms with Crippen LogP contribution in [0.15, 0.2) is 53.4 Å². The molecule has 2 aromatic carbocycles. The molecular weight excluding hydrogens is 454 g/mol. The summed E-state index contributed by atoms with van der Waals surface area (Å²) in [5, 5.41) is 0. The van der Waals surface area contributed by atoms with E-state index in [9.17, 15) is 9.59 Å². The van der Waals surface area contributed by atoms with Crippen LogP contribution < -0.4 is 4.74 Å². The minimum atomic E-state index is -0.404. The molecule has 2 fully saturated rings. The Labute approximate surface area is 204 Å². The highest BCUT2D eigenvalue weighted by Gasteiger charge is 2.34. The minimum absolute atomic E-state index is 0.0246. The molecule has 4 rings (SSSR count). The monoisotopic (exact) mass is 481 g/mol. The van der Waals surface area contributed by atoms with E-state index in [0.717, 1.165) is 30.6 Å². The molecule has 0 aliphatic carbocycles. The van der Waals surface area contributed by atoms with E-state index in [1.165, 1.54) is 11.8 Å². The van der Waals surface area contributed by atoms with E-state index in [4.69, 9.17) is 21.7 Å². The van der Waals surface area contributed by atoms with E-state index in [2.05, 4.69) is 20.8 Å². The van der Waals surface area contributed by atoms with Gasteiger partial charge in [-0.05, 0) is 59.7 Å². The summed E-state index contributed by atoms with van der Waals surface area (Å²) in [5.41, 5.74) is 2.52. The molecule has 1 amide bonds. The van der Waals surface area contributed by atoms with Gasteiger partial charge in [-0.2, -0.15) is 0 Å². The maximum atomic E-state index is 12.8. The maximum Gasteiger partial charge on any atom is 0.343 e. The topological polar surface area (TPSA) is 55.8 Å². The van der Waals surface area contributed by atoms with E-state index < -0.39 is 5.97 Å². The second-order valence-electron chi connectivity index (χ2n) is 9.21. The fourth-order valence-electron chi connectivity index (χ4n) is 3.71. The van der Waals surface area contributed by atoms with E-state index in [0.29, 0.717) is 27.1 Å². The first-order chi connectivity index (χ1) is 15.7. The summed E-state index contributed by atoms with van der Waals surface area (Å²) in [7, 11) is 0. The summed E-state index contributed by atoms with van der Waals surface area (Å²) in [5.74, 6) is -0.0455. The van der Waals surface area contributed by atoms with E-state index in [-0.39, 0.29) is 17.4 Å². The lowest BCUT2D eigenvalue weighted by Gasteiger charge is -2.18. The smallest absolute Gasteiger partial charge is 0.343 e. The normalized spacial score (nSPS) is 20.0. The van der Waals surface area contributed by atoms with Crippen molar-refractivity contribution >= 4 is 46.3 Å². The third-order valence-corrected chi connectivity index (χ3v) is 7.04. The van der Waals surface area contributed by atoms with Crippen molar-refractivity contribution in [2.45, 2.75) is 45.1 Å². The number of amides is 1. The molecule has 2 aromatic rings. The second-order valence-corrected chi connectivity index (χ2v) is 10.9. The maximum absolute atomic E-state index is 12.8. The number of benzene rings is 2. The van der Waals surface area contributed by atoms with Gasteiger partial charge in [0.25, 0.3) is 5.91 Å². The predicted octanol–water partition coefficient (Wildman–Crippen LogP) is 5.58. The van der Waals surface area contributed by atoms with Gasteiger partial charge in [0.15, 0.2) is 0 Å². The second kappa shape index (κ2) is 9.79. The number of esters is 1. The van der Waals surface area contributed by atoms with Crippen LogP contribution in [0.25, 0.3) is 6.08 Å². The van der Waals surface area contributed by atoms with Gasteiger partial charge in [-0.15, -0.1) is 0 Å². The lowest BCUT2D eigenvalue weighted by Crippen LogP contribution is -2.35. The van der Waals surface area contributed by atoms with Crippen LogP contribution in [0.4, 0.5) is 0 Å². The molecule has 33 heavy (non-hydrogen) atoms. The van der Waals surface area contributed by atoms with Gasteiger partial charge in [0.1, 0.15) is 10.1 Å². The summed E-state index contributed by atoms with van der Waals surface area (Å²) in [6.45, 7) is 7.64. The zero-order valence-electron chi connectivity index (χ0n) is 19.0. The van der Waals surface area contributed by atoms with Gasteiger partial charge in [-0.1, -0.05) is 69.0 Å². The Kier molecular flexibility index (Phi) is 7.02. The van der Waals surface area contributed by atoms with Gasteiger partial charge in [0.2, 0.25) is 0 Å². The average Bonchev–Trinajstić information content (AvgIpc) is 3.39. The summed E-state index contributed by atoms with van der Waals surface area (Å²) in [6.07, 6.45) is 3.85. The van der Waals surface area contributed by atoms with Gasteiger partial charge in [-0.25, -0.2) is 4.79 Å². The van der Waals surface area contributed by atoms with Crippen molar-refractivity contribution in [3.05, 3.63) is 70.1 Å². The molecule has 172 valence electrons. The molecule has 0 bridgehead atoms. The van der Waals surface area contributed by atoms with E-state index >= 15 is 0 Å². The molecule has 2 aliphatic rings. The molecule has 7 heteroatoms. The molecule has 0 aromatic heterocycles. The molecule has 2 heterocycles. The number of rotatable bonds is 5. The standard InChI is InChI=1S/C26H27NO4S2/c1-26(2,3)19-10-8-18(9-11-19)24(29)31-20-12-6-17(7-13-20)15-22-23(28)27(25(32)33-22)16-21-5-4-14-30-21/h6-13,15,21H,4-5,14,16H2,1-3H3. The van der Waals surface area contributed by atoms with Gasteiger partial charge in [0.05, 0.1) is 23.1 Å². The largest absolute Gasteiger partial charge is 0.423 e. The minimum Gasteiger partial charge on any atom is -0.423 e. The summed E-state index contributed by atoms with van der Waals surface area (Å²) in [4.78, 5) is 27.5. The molecular formula is C26H27NO4S2. The Morgan fingerprint density at radius 1 is 1.18 bits per heavy atom. The Hall–Kier alpha value is -2.48. The molecule has 5 nitrogen and oxygen atoms in total. The molecule has 0 radical (unpaired) electrons. The highest BCUT2D eigenvalue weighted by molar-refractivity contribution is 8.26. The highest BCUT2D eigenvalue weighted by atomic mass is 32.2. The first kappa shape index (κ1) is 23.7. The molecule has 0 saturated carbocycles. The Morgan fingerprint density at radius 2 is 1.88 bits per heavy atom. The van der Waals surface area contributed by atoms with Crippen molar-refractivity contribution in [1.82, 2.24) is 4.90 Å². The quantitative estimate of drug-likeness (QED) is 0.240. The fraction of sp³-hybridized carbons (Fsp3) is 0.346. The van der Waals surface area contributed by atoms with Gasteiger partial charge in [0, 0.05) is 6.61 Å². The Morgan fingerprint density at radius 3 is 2.48 bits per heavy atom. The third kappa shape index (κ3) is 5.72. The van der Waals surface area contributed by atoms with E-state index in [1.54, 1.807) is 29.2 Å². The molecule has 2 aliphatic heterocycles.